The summed E-state index contributed by atoms with van der Waals surface area (Å²) in [5, 5.41) is 0. The van der Waals surface area contributed by atoms with Crippen molar-refractivity contribution in [2.75, 3.05) is 7.11 Å². The minimum atomic E-state index is -0.0833. The van der Waals surface area contributed by atoms with E-state index in [0.29, 0.717) is 11.8 Å². The van der Waals surface area contributed by atoms with Crippen LogP contribution in [0.4, 0.5) is 0 Å². The highest BCUT2D eigenvalue weighted by Crippen LogP contribution is 2.59. The maximum Gasteiger partial charge on any atom is 0.311 e. The first-order valence-corrected chi connectivity index (χ1v) is 5.65. The van der Waals surface area contributed by atoms with Crippen molar-refractivity contribution in [3.05, 3.63) is 6.42 Å². The quantitative estimate of drug-likeness (QED) is 0.597. The molecular weight excluding hydrogens is 176 g/mol. The van der Waals surface area contributed by atoms with Gasteiger partial charge in [-0.05, 0) is 56.3 Å². The summed E-state index contributed by atoms with van der Waals surface area (Å²) >= 11 is 0. The maximum atomic E-state index is 11.8. The van der Waals surface area contributed by atoms with E-state index in [2.05, 4.69) is 6.42 Å². The Morgan fingerprint density at radius 1 is 1.29 bits per heavy atom. The molecule has 1 radical (unpaired) electrons. The Kier molecular flexibility index (Phi) is 1.71. The Morgan fingerprint density at radius 2 is 1.93 bits per heavy atom. The van der Waals surface area contributed by atoms with Gasteiger partial charge >= 0.3 is 5.97 Å². The second-order valence-corrected chi connectivity index (χ2v) is 5.43. The number of esters is 1. The third-order valence-electron chi connectivity index (χ3n) is 4.42. The summed E-state index contributed by atoms with van der Waals surface area (Å²) in [4.78, 5) is 11.8. The molecule has 2 unspecified atom stereocenters. The number of hydrogen-bond acceptors (Lipinski definition) is 2. The Hall–Kier alpha value is -0.530. The third kappa shape index (κ3) is 1.06. The normalized spacial score (nSPS) is 49.4. The van der Waals surface area contributed by atoms with Crippen LogP contribution in [0.25, 0.3) is 0 Å². The first-order valence-electron chi connectivity index (χ1n) is 5.65. The summed E-state index contributed by atoms with van der Waals surface area (Å²) in [6.07, 6.45) is 8.38. The average molecular weight is 193 g/mol. The van der Waals surface area contributed by atoms with Gasteiger partial charge in [0.15, 0.2) is 0 Å². The molecule has 2 atom stereocenters. The highest BCUT2D eigenvalue weighted by molar-refractivity contribution is 5.77. The molecule has 0 aromatic heterocycles. The molecule has 0 N–H and O–H groups in total. The fourth-order valence-electron chi connectivity index (χ4n) is 4.24. The van der Waals surface area contributed by atoms with Crippen molar-refractivity contribution < 1.29 is 9.53 Å². The number of carbonyl (C=O) groups excluding carboxylic acids is 1. The predicted octanol–water partition coefficient (Wildman–Crippen LogP) is 2.19. The van der Waals surface area contributed by atoms with Gasteiger partial charge in [0, 0.05) is 0 Å². The zero-order chi connectivity index (χ0) is 9.76. The molecule has 0 heterocycles. The van der Waals surface area contributed by atoms with Crippen LogP contribution in [0.2, 0.25) is 0 Å². The second-order valence-electron chi connectivity index (χ2n) is 5.43. The van der Waals surface area contributed by atoms with Gasteiger partial charge in [0.1, 0.15) is 0 Å². The van der Waals surface area contributed by atoms with Crippen molar-refractivity contribution in [1.29, 1.82) is 0 Å². The van der Waals surface area contributed by atoms with Crippen LogP contribution in [0.1, 0.15) is 32.1 Å². The van der Waals surface area contributed by atoms with E-state index in [9.17, 15) is 4.79 Å². The molecule has 14 heavy (non-hydrogen) atoms. The molecular formula is C12H17O2. The summed E-state index contributed by atoms with van der Waals surface area (Å²) in [6.45, 7) is 0. The van der Waals surface area contributed by atoms with Gasteiger partial charge in [-0.2, -0.15) is 0 Å². The fraction of sp³-hybridized carbons (Fsp3) is 0.833. The van der Waals surface area contributed by atoms with E-state index in [1.165, 1.54) is 20.0 Å². The lowest BCUT2D eigenvalue weighted by molar-refractivity contribution is -0.164. The maximum absolute atomic E-state index is 11.8. The highest BCUT2D eigenvalue weighted by atomic mass is 16.5. The fourth-order valence-corrected chi connectivity index (χ4v) is 4.24. The third-order valence-corrected chi connectivity index (χ3v) is 4.42. The lowest BCUT2D eigenvalue weighted by Gasteiger charge is -2.54. The van der Waals surface area contributed by atoms with E-state index in [1.54, 1.807) is 0 Å². The summed E-state index contributed by atoms with van der Waals surface area (Å²) in [6, 6.07) is 0. The van der Waals surface area contributed by atoms with E-state index in [-0.39, 0.29) is 11.4 Å². The van der Waals surface area contributed by atoms with Gasteiger partial charge in [0.2, 0.25) is 0 Å². The Balaban J connectivity index is 1.91. The number of hydrogen-bond donors (Lipinski definition) is 0. The molecule has 4 rings (SSSR count). The molecule has 0 saturated heterocycles. The van der Waals surface area contributed by atoms with Gasteiger partial charge in [0.25, 0.3) is 0 Å². The molecule has 0 spiro atoms. The van der Waals surface area contributed by atoms with E-state index in [0.717, 1.165) is 25.2 Å². The Labute approximate surface area is 85.0 Å². The molecule has 4 bridgehead atoms. The van der Waals surface area contributed by atoms with Crippen molar-refractivity contribution in [3.63, 3.8) is 0 Å². The first kappa shape index (κ1) is 8.75. The lowest BCUT2D eigenvalue weighted by atomic mass is 9.49. The summed E-state index contributed by atoms with van der Waals surface area (Å²) in [7, 11) is 1.53. The molecule has 4 aliphatic rings. The monoisotopic (exact) mass is 193 g/mol. The van der Waals surface area contributed by atoms with Crippen LogP contribution < -0.4 is 0 Å². The van der Waals surface area contributed by atoms with E-state index < -0.39 is 0 Å². The van der Waals surface area contributed by atoms with Crippen molar-refractivity contribution in [1.82, 2.24) is 0 Å². The summed E-state index contributed by atoms with van der Waals surface area (Å²) in [5.74, 6) is 2.28. The van der Waals surface area contributed by atoms with E-state index >= 15 is 0 Å². The van der Waals surface area contributed by atoms with Gasteiger partial charge in [0.05, 0.1) is 12.5 Å². The molecule has 0 aliphatic heterocycles. The average Bonchev–Trinajstić information content (AvgIpc) is 2.14. The van der Waals surface area contributed by atoms with Gasteiger partial charge in [-0.25, -0.2) is 0 Å². The number of methoxy groups -OCH3 is 1. The van der Waals surface area contributed by atoms with E-state index in [1.807, 2.05) is 0 Å². The molecule has 4 fully saturated rings. The number of ether oxygens (including phenoxy) is 1. The van der Waals surface area contributed by atoms with Crippen LogP contribution >= 0.6 is 0 Å². The smallest absolute Gasteiger partial charge is 0.311 e. The van der Waals surface area contributed by atoms with Crippen molar-refractivity contribution in [2.24, 2.45) is 23.2 Å². The van der Waals surface area contributed by atoms with Gasteiger partial charge in [-0.1, -0.05) is 0 Å². The Bertz CT molecular complexity index is 234. The Morgan fingerprint density at radius 3 is 2.43 bits per heavy atom. The second kappa shape index (κ2) is 2.74. The molecule has 4 aliphatic carbocycles. The van der Waals surface area contributed by atoms with Gasteiger partial charge < -0.3 is 4.74 Å². The van der Waals surface area contributed by atoms with Crippen LogP contribution in [0.15, 0.2) is 0 Å². The van der Waals surface area contributed by atoms with Crippen molar-refractivity contribution in [2.45, 2.75) is 32.1 Å². The molecule has 2 heteroatoms. The summed E-state index contributed by atoms with van der Waals surface area (Å²) in [5.41, 5.74) is -0.0833. The van der Waals surface area contributed by atoms with Crippen LogP contribution in [0.3, 0.4) is 0 Å². The van der Waals surface area contributed by atoms with E-state index in [4.69, 9.17) is 4.74 Å². The summed E-state index contributed by atoms with van der Waals surface area (Å²) < 4.78 is 4.98. The molecule has 77 valence electrons. The standard InChI is InChI=1S/C12H17O2/c1-14-11(13)12-5-8-2-9(6-12)4-10(3-8)7-12/h2,8-10H,3-7H2,1H3. The van der Waals surface area contributed by atoms with Crippen LogP contribution in [-0.4, -0.2) is 13.1 Å². The molecule has 0 amide bonds. The largest absolute Gasteiger partial charge is 0.469 e. The first-order chi connectivity index (χ1) is 6.72. The molecule has 4 saturated carbocycles. The highest BCUT2D eigenvalue weighted by Gasteiger charge is 2.55. The van der Waals surface area contributed by atoms with Gasteiger partial charge in [-0.15, -0.1) is 0 Å². The SMILES string of the molecule is COC(=O)C12CC3[CH]C(CC(C3)C1)C2. The number of carbonyl (C=O) groups is 1. The molecule has 2 nitrogen and oxygen atoms in total. The van der Waals surface area contributed by atoms with Gasteiger partial charge in [-0.3, -0.25) is 4.79 Å². The minimum Gasteiger partial charge on any atom is -0.469 e. The zero-order valence-electron chi connectivity index (χ0n) is 8.66. The zero-order valence-corrected chi connectivity index (χ0v) is 8.66. The van der Waals surface area contributed by atoms with Crippen molar-refractivity contribution in [3.8, 4) is 0 Å². The lowest BCUT2D eigenvalue weighted by Crippen LogP contribution is -2.50. The van der Waals surface area contributed by atoms with Crippen LogP contribution in [0, 0.1) is 29.6 Å². The van der Waals surface area contributed by atoms with Crippen LogP contribution in [-0.2, 0) is 9.53 Å². The van der Waals surface area contributed by atoms with Crippen molar-refractivity contribution >= 4 is 5.97 Å². The minimum absolute atomic E-state index is 0.0602. The molecule has 0 aromatic carbocycles. The topological polar surface area (TPSA) is 26.3 Å². The van der Waals surface area contributed by atoms with Crippen LogP contribution in [0.5, 0.6) is 0 Å². The molecule has 0 aromatic rings. The number of rotatable bonds is 1. The predicted molar refractivity (Wildman–Crippen MR) is 52.3 cm³/mol.